The van der Waals surface area contributed by atoms with Gasteiger partial charge in [0.05, 0.1) is 7.14 Å². The molecular weight excluding hydrogens is 628 g/mol. The highest BCUT2D eigenvalue weighted by Crippen LogP contribution is 2.35. The second-order valence-electron chi connectivity index (χ2n) is 6.50. The molecule has 164 valence electrons. The van der Waals surface area contributed by atoms with Gasteiger partial charge in [0.1, 0.15) is 17.5 Å². The molecule has 8 nitrogen and oxygen atoms in total. The number of hydrogen-bond acceptors (Lipinski definition) is 6. The largest absolute Gasteiger partial charge is 0.508 e. The number of aliphatic carboxylic acids is 1. The molecule has 0 aliphatic rings. The highest BCUT2D eigenvalue weighted by molar-refractivity contribution is 14.1. The van der Waals surface area contributed by atoms with Gasteiger partial charge in [-0.1, -0.05) is 0 Å². The summed E-state index contributed by atoms with van der Waals surface area (Å²) in [5, 5.41) is 21.7. The molecule has 0 aliphatic carbocycles. The Bertz CT molecular complexity index is 1000. The lowest BCUT2D eigenvalue weighted by molar-refractivity contribution is -0.138. The molecule has 0 spiro atoms. The normalized spacial score (nSPS) is 12.6. The Morgan fingerprint density at radius 2 is 1.97 bits per heavy atom. The number of amides is 1. The fourth-order valence-electron chi connectivity index (χ4n) is 2.71. The number of aromatic hydroxyl groups is 1. The molecule has 10 heteroatoms. The number of carboxylic acid groups (broad SMARTS) is 1. The number of nitrogens with zero attached hydrogens (tertiary/aromatic N) is 1. The SMILES string of the molecule is CN=C/C(=C\NC=O)Cc1cc(Oc2c(I)cc(CC(N)C(=O)O)cc2I)ccc1O. The van der Waals surface area contributed by atoms with Crippen molar-refractivity contribution in [2.45, 2.75) is 18.9 Å². The molecule has 2 aromatic carbocycles. The number of carboxylic acids is 1. The third kappa shape index (κ3) is 7.47. The predicted molar refractivity (Wildman–Crippen MR) is 135 cm³/mol. The Balaban J connectivity index is 2.28. The topological polar surface area (TPSA) is 134 Å². The van der Waals surface area contributed by atoms with E-state index in [0.717, 1.165) is 12.7 Å². The lowest BCUT2D eigenvalue weighted by Gasteiger charge is -2.14. The molecular formula is C21H21I2N3O5. The number of phenols is 1. The molecule has 1 unspecified atom stereocenters. The number of halogens is 2. The van der Waals surface area contributed by atoms with Crippen molar-refractivity contribution < 1.29 is 24.5 Å². The molecule has 0 fully saturated rings. The van der Waals surface area contributed by atoms with Gasteiger partial charge >= 0.3 is 5.97 Å². The number of carbonyl (C=O) groups excluding carboxylic acids is 1. The molecule has 0 aromatic heterocycles. The van der Waals surface area contributed by atoms with Gasteiger partial charge in [-0.2, -0.15) is 0 Å². The Morgan fingerprint density at radius 1 is 1.29 bits per heavy atom. The molecule has 0 radical (unpaired) electrons. The van der Waals surface area contributed by atoms with Crippen molar-refractivity contribution in [2.24, 2.45) is 10.7 Å². The number of allylic oxidation sites excluding steroid dienone is 1. The Kier molecular flexibility index (Phi) is 9.71. The summed E-state index contributed by atoms with van der Waals surface area (Å²) in [4.78, 5) is 25.5. The lowest BCUT2D eigenvalue weighted by Crippen LogP contribution is -2.32. The number of aliphatic imine (C=N–C) groups is 1. The van der Waals surface area contributed by atoms with Gasteiger partial charge in [0.25, 0.3) is 0 Å². The van der Waals surface area contributed by atoms with E-state index in [2.05, 4.69) is 55.5 Å². The molecule has 1 amide bonds. The summed E-state index contributed by atoms with van der Waals surface area (Å²) in [5.74, 6) is 0.192. The van der Waals surface area contributed by atoms with E-state index in [1.807, 2.05) is 12.1 Å². The third-order valence-electron chi connectivity index (χ3n) is 4.13. The highest BCUT2D eigenvalue weighted by atomic mass is 127. The maximum absolute atomic E-state index is 11.0. The van der Waals surface area contributed by atoms with Crippen LogP contribution in [-0.2, 0) is 22.4 Å². The van der Waals surface area contributed by atoms with Gasteiger partial charge in [-0.15, -0.1) is 0 Å². The summed E-state index contributed by atoms with van der Waals surface area (Å²) in [5.41, 5.74) is 7.74. The second-order valence-corrected chi connectivity index (χ2v) is 8.82. The fourth-order valence-corrected chi connectivity index (χ4v) is 4.83. The number of nitrogens with two attached hydrogens (primary N) is 1. The van der Waals surface area contributed by atoms with Crippen molar-refractivity contribution in [1.29, 1.82) is 0 Å². The first kappa shape index (κ1) is 25.1. The van der Waals surface area contributed by atoms with Crippen LogP contribution in [-0.4, -0.2) is 41.9 Å². The summed E-state index contributed by atoms with van der Waals surface area (Å²) in [7, 11) is 1.62. The number of hydrogen-bond donors (Lipinski definition) is 4. The van der Waals surface area contributed by atoms with Crippen LogP contribution in [0, 0.1) is 7.14 Å². The van der Waals surface area contributed by atoms with Gasteiger partial charge in [0.15, 0.2) is 5.75 Å². The Labute approximate surface area is 206 Å². The molecule has 1 atom stereocenters. The quantitative estimate of drug-likeness (QED) is 0.178. The van der Waals surface area contributed by atoms with E-state index in [9.17, 15) is 14.7 Å². The number of nitrogens with one attached hydrogen (secondary N) is 1. The van der Waals surface area contributed by atoms with Crippen LogP contribution in [0.4, 0.5) is 0 Å². The maximum atomic E-state index is 11.0. The number of benzene rings is 2. The van der Waals surface area contributed by atoms with E-state index in [4.69, 9.17) is 15.6 Å². The molecule has 0 saturated heterocycles. The molecule has 0 aliphatic heterocycles. The summed E-state index contributed by atoms with van der Waals surface area (Å²) in [6.07, 6.45) is 4.21. The van der Waals surface area contributed by atoms with Gasteiger partial charge in [-0.3, -0.25) is 14.6 Å². The minimum atomic E-state index is -1.05. The second kappa shape index (κ2) is 12.0. The van der Waals surface area contributed by atoms with Crippen molar-refractivity contribution in [3.05, 3.63) is 60.4 Å². The van der Waals surface area contributed by atoms with Crippen LogP contribution in [0.3, 0.4) is 0 Å². The van der Waals surface area contributed by atoms with Crippen LogP contribution in [0.2, 0.25) is 0 Å². The van der Waals surface area contributed by atoms with Crippen LogP contribution in [0.15, 0.2) is 47.1 Å². The van der Waals surface area contributed by atoms with Crippen LogP contribution in [0.5, 0.6) is 17.2 Å². The zero-order valence-electron chi connectivity index (χ0n) is 16.5. The summed E-state index contributed by atoms with van der Waals surface area (Å²) in [6.45, 7) is 0. The van der Waals surface area contributed by atoms with Gasteiger partial charge in [0.2, 0.25) is 6.41 Å². The van der Waals surface area contributed by atoms with Crippen molar-refractivity contribution in [2.75, 3.05) is 7.05 Å². The van der Waals surface area contributed by atoms with Gasteiger partial charge in [0, 0.05) is 31.4 Å². The third-order valence-corrected chi connectivity index (χ3v) is 5.73. The van der Waals surface area contributed by atoms with Crippen molar-refractivity contribution in [1.82, 2.24) is 5.32 Å². The highest BCUT2D eigenvalue weighted by Gasteiger charge is 2.16. The minimum absolute atomic E-state index is 0.0938. The van der Waals surface area contributed by atoms with Crippen LogP contribution in [0.25, 0.3) is 0 Å². The zero-order valence-corrected chi connectivity index (χ0v) is 20.8. The van der Waals surface area contributed by atoms with Gasteiger partial charge < -0.3 is 26.0 Å². The molecule has 5 N–H and O–H groups in total. The first-order valence-corrected chi connectivity index (χ1v) is 11.2. The standard InChI is InChI=1S/C21H21I2N3O5/c1-25-9-13(10-26-11-27)4-14-8-15(2-3-19(14)28)31-20-16(22)5-12(6-17(20)23)7-18(24)21(29)30/h2-3,5-6,8-11,18,28H,4,7,24H2,1H3,(H,26,27)(H,29,30)/b13-10-,25-9?. The van der Waals surface area contributed by atoms with E-state index < -0.39 is 12.0 Å². The number of rotatable bonds is 10. The number of ether oxygens (including phenoxy) is 1. The van der Waals surface area contributed by atoms with Gasteiger partial charge in [-0.25, -0.2) is 0 Å². The Morgan fingerprint density at radius 3 is 2.55 bits per heavy atom. The number of phenolic OH excluding ortho intramolecular Hbond substituents is 1. The summed E-state index contributed by atoms with van der Waals surface area (Å²) < 4.78 is 7.68. The van der Waals surface area contributed by atoms with E-state index in [1.54, 1.807) is 31.5 Å². The molecule has 0 saturated carbocycles. The molecule has 0 bridgehead atoms. The monoisotopic (exact) mass is 649 g/mol. The van der Waals surface area contributed by atoms with Crippen molar-refractivity contribution in [3.8, 4) is 17.2 Å². The van der Waals surface area contributed by atoms with E-state index in [1.165, 1.54) is 6.20 Å². The Hall–Kier alpha value is -2.19. The lowest BCUT2D eigenvalue weighted by atomic mass is 10.0. The first-order valence-electron chi connectivity index (χ1n) is 9.02. The van der Waals surface area contributed by atoms with Crippen LogP contribution in [0.1, 0.15) is 11.1 Å². The minimum Gasteiger partial charge on any atom is -0.508 e. The van der Waals surface area contributed by atoms with Crippen LogP contribution >= 0.6 is 45.2 Å². The molecule has 2 rings (SSSR count). The average molecular weight is 649 g/mol. The summed E-state index contributed by atoms with van der Waals surface area (Å²) in [6, 6.07) is 7.62. The maximum Gasteiger partial charge on any atom is 0.320 e. The zero-order chi connectivity index (χ0) is 23.0. The van der Waals surface area contributed by atoms with Crippen LogP contribution < -0.4 is 15.8 Å². The first-order chi connectivity index (χ1) is 14.7. The molecule has 31 heavy (non-hydrogen) atoms. The van der Waals surface area contributed by atoms with Crippen molar-refractivity contribution >= 4 is 63.8 Å². The molecule has 2 aromatic rings. The molecule has 0 heterocycles. The van der Waals surface area contributed by atoms with E-state index >= 15 is 0 Å². The number of carbonyl (C=O) groups is 2. The van der Waals surface area contributed by atoms with E-state index in [0.29, 0.717) is 35.5 Å². The predicted octanol–water partition coefficient (Wildman–Crippen LogP) is 3.22. The van der Waals surface area contributed by atoms with E-state index in [-0.39, 0.29) is 12.2 Å². The fraction of sp³-hybridized carbons (Fsp3) is 0.190. The average Bonchev–Trinajstić information content (AvgIpc) is 2.71. The van der Waals surface area contributed by atoms with Gasteiger partial charge in [-0.05, 0) is 93.1 Å². The van der Waals surface area contributed by atoms with Crippen molar-refractivity contribution in [3.63, 3.8) is 0 Å². The summed E-state index contributed by atoms with van der Waals surface area (Å²) >= 11 is 4.26. The smallest absolute Gasteiger partial charge is 0.320 e.